The van der Waals surface area contributed by atoms with Gasteiger partial charge in [0.25, 0.3) is 0 Å². The van der Waals surface area contributed by atoms with Gasteiger partial charge in [0.05, 0.1) is 12.0 Å². The summed E-state index contributed by atoms with van der Waals surface area (Å²) in [6.45, 7) is 3.91. The van der Waals surface area contributed by atoms with E-state index in [0.717, 1.165) is 5.56 Å². The quantitative estimate of drug-likeness (QED) is 0.850. The van der Waals surface area contributed by atoms with Crippen molar-refractivity contribution in [1.82, 2.24) is 10.2 Å². The lowest BCUT2D eigenvalue weighted by atomic mass is 9.93. The van der Waals surface area contributed by atoms with Crippen LogP contribution >= 0.6 is 0 Å². The third kappa shape index (κ3) is 2.71. The zero-order chi connectivity index (χ0) is 14.7. The van der Waals surface area contributed by atoms with Gasteiger partial charge in [-0.15, -0.1) is 6.58 Å². The number of benzene rings is 1. The highest BCUT2D eigenvalue weighted by molar-refractivity contribution is 5.90. The van der Waals surface area contributed by atoms with E-state index in [1.165, 1.54) is 12.1 Å². The summed E-state index contributed by atoms with van der Waals surface area (Å²) >= 11 is 0. The standard InChI is InChI=1S/C15H17FN2O2/c1-3-8-17-15(20)12-9-13(19)18(2)14(12)10-4-6-11(16)7-5-10/h3-7,12,14H,1,8-9H2,2H3,(H,17,20). The van der Waals surface area contributed by atoms with Gasteiger partial charge in [0, 0.05) is 20.0 Å². The predicted octanol–water partition coefficient (Wildman–Crippen LogP) is 1.65. The second-order valence-corrected chi connectivity index (χ2v) is 4.85. The summed E-state index contributed by atoms with van der Waals surface area (Å²) < 4.78 is 13.0. The van der Waals surface area contributed by atoms with Crippen molar-refractivity contribution in [2.24, 2.45) is 5.92 Å². The Labute approximate surface area is 117 Å². The molecule has 0 aliphatic carbocycles. The van der Waals surface area contributed by atoms with Crippen LogP contribution in [0.25, 0.3) is 0 Å². The van der Waals surface area contributed by atoms with Crippen molar-refractivity contribution in [2.45, 2.75) is 12.5 Å². The van der Waals surface area contributed by atoms with Gasteiger partial charge in [-0.1, -0.05) is 18.2 Å². The average molecular weight is 276 g/mol. The zero-order valence-electron chi connectivity index (χ0n) is 11.3. The first-order valence-corrected chi connectivity index (χ1v) is 6.44. The van der Waals surface area contributed by atoms with Crippen LogP contribution in [0.3, 0.4) is 0 Å². The molecule has 1 aliphatic rings. The summed E-state index contributed by atoms with van der Waals surface area (Å²) in [5, 5.41) is 2.72. The van der Waals surface area contributed by atoms with Crippen LogP contribution in [0.15, 0.2) is 36.9 Å². The molecule has 1 aromatic rings. The molecule has 2 rings (SSSR count). The van der Waals surface area contributed by atoms with E-state index in [1.54, 1.807) is 30.2 Å². The summed E-state index contributed by atoms with van der Waals surface area (Å²) in [7, 11) is 1.66. The van der Waals surface area contributed by atoms with E-state index in [-0.39, 0.29) is 30.1 Å². The third-order valence-corrected chi connectivity index (χ3v) is 3.56. The van der Waals surface area contributed by atoms with E-state index in [1.807, 2.05) is 0 Å². The Bertz CT molecular complexity index is 527. The molecule has 0 radical (unpaired) electrons. The predicted molar refractivity (Wildman–Crippen MR) is 73.2 cm³/mol. The Hall–Kier alpha value is -2.17. The van der Waals surface area contributed by atoms with Crippen LogP contribution in [0.1, 0.15) is 18.0 Å². The largest absolute Gasteiger partial charge is 0.352 e. The molecule has 20 heavy (non-hydrogen) atoms. The second kappa shape index (κ2) is 5.86. The molecular formula is C15H17FN2O2. The Morgan fingerprint density at radius 2 is 2.15 bits per heavy atom. The molecule has 1 fully saturated rings. The maximum atomic E-state index is 13.0. The molecule has 106 valence electrons. The molecule has 0 aromatic heterocycles. The number of carbonyl (C=O) groups is 2. The van der Waals surface area contributed by atoms with Gasteiger partial charge in [0.1, 0.15) is 5.82 Å². The molecule has 4 nitrogen and oxygen atoms in total. The van der Waals surface area contributed by atoms with Crippen LogP contribution in [0.5, 0.6) is 0 Å². The van der Waals surface area contributed by atoms with Crippen molar-refractivity contribution >= 4 is 11.8 Å². The topological polar surface area (TPSA) is 49.4 Å². The molecule has 5 heteroatoms. The number of nitrogens with zero attached hydrogens (tertiary/aromatic N) is 1. The zero-order valence-corrected chi connectivity index (χ0v) is 11.3. The van der Waals surface area contributed by atoms with Gasteiger partial charge in [0.15, 0.2) is 0 Å². The molecule has 1 N–H and O–H groups in total. The van der Waals surface area contributed by atoms with Gasteiger partial charge in [-0.3, -0.25) is 9.59 Å². The Morgan fingerprint density at radius 3 is 2.75 bits per heavy atom. The number of nitrogens with one attached hydrogen (secondary N) is 1. The molecule has 2 atom stereocenters. The minimum Gasteiger partial charge on any atom is -0.352 e. The number of halogens is 1. The lowest BCUT2D eigenvalue weighted by Gasteiger charge is -2.24. The highest BCUT2D eigenvalue weighted by Crippen LogP contribution is 2.37. The fourth-order valence-corrected chi connectivity index (χ4v) is 2.52. The van der Waals surface area contributed by atoms with Crippen molar-refractivity contribution in [3.63, 3.8) is 0 Å². The lowest BCUT2D eigenvalue weighted by molar-refractivity contribution is -0.128. The molecule has 1 saturated heterocycles. The molecular weight excluding hydrogens is 259 g/mol. The van der Waals surface area contributed by atoms with Gasteiger partial charge in [-0.25, -0.2) is 4.39 Å². The van der Waals surface area contributed by atoms with Crippen molar-refractivity contribution in [1.29, 1.82) is 0 Å². The number of likely N-dealkylation sites (tertiary alicyclic amines) is 1. The summed E-state index contributed by atoms with van der Waals surface area (Å²) in [5.41, 5.74) is 0.763. The highest BCUT2D eigenvalue weighted by atomic mass is 19.1. The first kappa shape index (κ1) is 14.2. The number of rotatable bonds is 4. The van der Waals surface area contributed by atoms with E-state index < -0.39 is 5.92 Å². The van der Waals surface area contributed by atoms with Crippen molar-refractivity contribution in [2.75, 3.05) is 13.6 Å². The van der Waals surface area contributed by atoms with Crippen LogP contribution < -0.4 is 5.32 Å². The number of amides is 2. The van der Waals surface area contributed by atoms with Gasteiger partial charge < -0.3 is 10.2 Å². The maximum absolute atomic E-state index is 13.0. The first-order valence-electron chi connectivity index (χ1n) is 6.44. The van der Waals surface area contributed by atoms with Crippen molar-refractivity contribution in [3.05, 3.63) is 48.3 Å². The average Bonchev–Trinajstić information content (AvgIpc) is 2.73. The van der Waals surface area contributed by atoms with Crippen LogP contribution in [-0.4, -0.2) is 30.3 Å². The number of carbonyl (C=O) groups excluding carboxylic acids is 2. The van der Waals surface area contributed by atoms with Gasteiger partial charge in [-0.2, -0.15) is 0 Å². The highest BCUT2D eigenvalue weighted by Gasteiger charge is 2.42. The summed E-state index contributed by atoms with van der Waals surface area (Å²) in [6, 6.07) is 5.55. The van der Waals surface area contributed by atoms with Crippen LogP contribution in [-0.2, 0) is 9.59 Å². The fraction of sp³-hybridized carbons (Fsp3) is 0.333. The molecule has 0 bridgehead atoms. The minimum atomic E-state index is -0.460. The van der Waals surface area contributed by atoms with Gasteiger partial charge in [-0.05, 0) is 17.7 Å². The van der Waals surface area contributed by atoms with E-state index in [4.69, 9.17) is 0 Å². The van der Waals surface area contributed by atoms with E-state index in [0.29, 0.717) is 6.54 Å². The molecule has 2 unspecified atom stereocenters. The first-order chi connectivity index (χ1) is 9.54. The van der Waals surface area contributed by atoms with Crippen molar-refractivity contribution < 1.29 is 14.0 Å². The van der Waals surface area contributed by atoms with E-state index in [9.17, 15) is 14.0 Å². The minimum absolute atomic E-state index is 0.0851. The normalized spacial score (nSPS) is 21.9. The Kier molecular flexibility index (Phi) is 4.17. The number of hydrogen-bond acceptors (Lipinski definition) is 2. The van der Waals surface area contributed by atoms with Crippen LogP contribution in [0.2, 0.25) is 0 Å². The molecule has 1 heterocycles. The third-order valence-electron chi connectivity index (χ3n) is 3.56. The smallest absolute Gasteiger partial charge is 0.226 e. The lowest BCUT2D eigenvalue weighted by Crippen LogP contribution is -2.34. The monoisotopic (exact) mass is 276 g/mol. The fourth-order valence-electron chi connectivity index (χ4n) is 2.52. The van der Waals surface area contributed by atoms with E-state index >= 15 is 0 Å². The van der Waals surface area contributed by atoms with Crippen LogP contribution in [0, 0.1) is 11.7 Å². The van der Waals surface area contributed by atoms with Crippen LogP contribution in [0.4, 0.5) is 4.39 Å². The molecule has 0 saturated carbocycles. The second-order valence-electron chi connectivity index (χ2n) is 4.85. The Morgan fingerprint density at radius 1 is 1.50 bits per heavy atom. The van der Waals surface area contributed by atoms with Gasteiger partial charge in [0.2, 0.25) is 11.8 Å². The number of hydrogen-bond donors (Lipinski definition) is 1. The molecule has 0 spiro atoms. The molecule has 1 aliphatic heterocycles. The maximum Gasteiger partial charge on any atom is 0.226 e. The SMILES string of the molecule is C=CCNC(=O)C1CC(=O)N(C)C1c1ccc(F)cc1. The Balaban J connectivity index is 2.26. The van der Waals surface area contributed by atoms with Crippen molar-refractivity contribution in [3.8, 4) is 0 Å². The molecule has 1 aromatic carbocycles. The summed E-state index contributed by atoms with van der Waals surface area (Å²) in [5.74, 6) is -1.07. The van der Waals surface area contributed by atoms with E-state index in [2.05, 4.69) is 11.9 Å². The molecule has 2 amide bonds. The van der Waals surface area contributed by atoms with Gasteiger partial charge >= 0.3 is 0 Å². The summed E-state index contributed by atoms with van der Waals surface area (Å²) in [6.07, 6.45) is 1.76. The summed E-state index contributed by atoms with van der Waals surface area (Å²) in [4.78, 5) is 25.5.